The number of nitrogens with zero attached hydrogens (tertiary/aromatic N) is 3. The highest BCUT2D eigenvalue weighted by molar-refractivity contribution is 5.94. The van der Waals surface area contributed by atoms with Crippen molar-refractivity contribution in [2.75, 3.05) is 19.0 Å². The summed E-state index contributed by atoms with van der Waals surface area (Å²) in [5.41, 5.74) is 4.98. The monoisotopic (exact) mass is 268 g/mol. The SMILES string of the molecule is CN(C)c1ccc(/C=N\NC(=O)c2cccnc2)cc1. The van der Waals surface area contributed by atoms with Crippen molar-refractivity contribution in [3.05, 3.63) is 59.9 Å². The first-order valence-corrected chi connectivity index (χ1v) is 6.17. The van der Waals surface area contributed by atoms with Gasteiger partial charge < -0.3 is 4.90 Å². The Labute approximate surface area is 118 Å². The fourth-order valence-electron chi connectivity index (χ4n) is 1.59. The molecule has 1 heterocycles. The molecule has 1 N–H and O–H groups in total. The van der Waals surface area contributed by atoms with E-state index in [-0.39, 0.29) is 5.91 Å². The third-order valence-electron chi connectivity index (χ3n) is 2.71. The number of hydrazone groups is 1. The van der Waals surface area contributed by atoms with Crippen LogP contribution in [0.3, 0.4) is 0 Å². The van der Waals surface area contributed by atoms with Gasteiger partial charge in [0.25, 0.3) is 5.91 Å². The summed E-state index contributed by atoms with van der Waals surface area (Å²) in [6.07, 6.45) is 4.72. The lowest BCUT2D eigenvalue weighted by Crippen LogP contribution is -2.17. The first-order chi connectivity index (χ1) is 9.66. The molecule has 0 spiro atoms. The molecule has 0 aliphatic carbocycles. The lowest BCUT2D eigenvalue weighted by Gasteiger charge is -2.11. The van der Waals surface area contributed by atoms with E-state index in [0.717, 1.165) is 11.3 Å². The van der Waals surface area contributed by atoms with E-state index in [1.165, 1.54) is 6.20 Å². The van der Waals surface area contributed by atoms with Crippen molar-refractivity contribution >= 4 is 17.8 Å². The molecule has 0 bridgehead atoms. The molecular weight excluding hydrogens is 252 g/mol. The summed E-state index contributed by atoms with van der Waals surface area (Å²) in [7, 11) is 3.97. The predicted octanol–water partition coefficient (Wildman–Crippen LogP) is 1.91. The van der Waals surface area contributed by atoms with Crippen molar-refractivity contribution in [2.45, 2.75) is 0 Å². The van der Waals surface area contributed by atoms with E-state index in [1.54, 1.807) is 24.5 Å². The van der Waals surface area contributed by atoms with E-state index in [9.17, 15) is 4.79 Å². The van der Waals surface area contributed by atoms with E-state index in [2.05, 4.69) is 15.5 Å². The highest BCUT2D eigenvalue weighted by Gasteiger charge is 2.02. The topological polar surface area (TPSA) is 57.6 Å². The van der Waals surface area contributed by atoms with Crippen LogP contribution in [0.15, 0.2) is 53.9 Å². The van der Waals surface area contributed by atoms with Crippen LogP contribution in [0.5, 0.6) is 0 Å². The Balaban J connectivity index is 1.95. The second kappa shape index (κ2) is 6.47. The van der Waals surface area contributed by atoms with Crippen molar-refractivity contribution < 1.29 is 4.79 Å². The molecule has 0 radical (unpaired) electrons. The van der Waals surface area contributed by atoms with E-state index in [4.69, 9.17) is 0 Å². The second-order valence-electron chi connectivity index (χ2n) is 4.43. The molecule has 5 heteroatoms. The molecule has 2 rings (SSSR count). The second-order valence-corrected chi connectivity index (χ2v) is 4.43. The van der Waals surface area contributed by atoms with Crippen LogP contribution in [0.2, 0.25) is 0 Å². The average Bonchev–Trinajstić information content (AvgIpc) is 2.48. The van der Waals surface area contributed by atoms with Gasteiger partial charge in [-0.15, -0.1) is 0 Å². The van der Waals surface area contributed by atoms with Crippen LogP contribution in [-0.4, -0.2) is 31.2 Å². The van der Waals surface area contributed by atoms with Crippen LogP contribution in [0, 0.1) is 0 Å². The Morgan fingerprint density at radius 2 is 2.00 bits per heavy atom. The first kappa shape index (κ1) is 13.7. The zero-order valence-electron chi connectivity index (χ0n) is 11.4. The van der Waals surface area contributed by atoms with Crippen LogP contribution < -0.4 is 10.3 Å². The Kier molecular flexibility index (Phi) is 4.44. The molecule has 5 nitrogen and oxygen atoms in total. The summed E-state index contributed by atoms with van der Waals surface area (Å²) in [6, 6.07) is 11.3. The molecule has 20 heavy (non-hydrogen) atoms. The fraction of sp³-hybridized carbons (Fsp3) is 0.133. The van der Waals surface area contributed by atoms with Crippen molar-refractivity contribution in [3.8, 4) is 0 Å². The summed E-state index contributed by atoms with van der Waals surface area (Å²) < 4.78 is 0. The average molecular weight is 268 g/mol. The summed E-state index contributed by atoms with van der Waals surface area (Å²) in [5, 5.41) is 3.93. The van der Waals surface area contributed by atoms with Gasteiger partial charge in [0.1, 0.15) is 0 Å². The number of hydrogen-bond acceptors (Lipinski definition) is 4. The van der Waals surface area contributed by atoms with Gasteiger partial charge in [-0.05, 0) is 29.8 Å². The number of benzene rings is 1. The molecule has 1 aromatic carbocycles. The molecular formula is C15H16N4O. The van der Waals surface area contributed by atoms with Gasteiger partial charge in [-0.25, -0.2) is 5.43 Å². The van der Waals surface area contributed by atoms with Gasteiger partial charge in [0.15, 0.2) is 0 Å². The predicted molar refractivity (Wildman–Crippen MR) is 80.1 cm³/mol. The minimum Gasteiger partial charge on any atom is -0.378 e. The van der Waals surface area contributed by atoms with Gasteiger partial charge in [0.05, 0.1) is 11.8 Å². The van der Waals surface area contributed by atoms with Crippen LogP contribution in [0.25, 0.3) is 0 Å². The molecule has 102 valence electrons. The fourth-order valence-corrected chi connectivity index (χ4v) is 1.59. The third-order valence-corrected chi connectivity index (χ3v) is 2.71. The lowest BCUT2D eigenvalue weighted by atomic mass is 10.2. The molecule has 0 aliphatic rings. The largest absolute Gasteiger partial charge is 0.378 e. The maximum atomic E-state index is 11.7. The molecule has 0 unspecified atom stereocenters. The quantitative estimate of drug-likeness (QED) is 0.680. The molecule has 0 atom stereocenters. The summed E-state index contributed by atoms with van der Waals surface area (Å²) in [6.45, 7) is 0. The number of hydrogen-bond donors (Lipinski definition) is 1. The number of amides is 1. The number of aromatic nitrogens is 1. The molecule has 1 aromatic heterocycles. The summed E-state index contributed by atoms with van der Waals surface area (Å²) >= 11 is 0. The van der Waals surface area contributed by atoms with Gasteiger partial charge >= 0.3 is 0 Å². The Morgan fingerprint density at radius 1 is 1.25 bits per heavy atom. The lowest BCUT2D eigenvalue weighted by molar-refractivity contribution is 0.0955. The Morgan fingerprint density at radius 3 is 2.60 bits per heavy atom. The summed E-state index contributed by atoms with van der Waals surface area (Å²) in [4.78, 5) is 17.6. The molecule has 1 amide bonds. The maximum Gasteiger partial charge on any atom is 0.272 e. The van der Waals surface area contributed by atoms with Crippen molar-refractivity contribution in [1.29, 1.82) is 0 Å². The number of carbonyl (C=O) groups is 1. The van der Waals surface area contributed by atoms with Gasteiger partial charge in [0, 0.05) is 32.2 Å². The number of anilines is 1. The Bertz CT molecular complexity index is 591. The highest BCUT2D eigenvalue weighted by atomic mass is 16.2. The minimum absolute atomic E-state index is 0.278. The van der Waals surface area contributed by atoms with Gasteiger partial charge in [-0.1, -0.05) is 12.1 Å². The zero-order valence-corrected chi connectivity index (χ0v) is 11.4. The molecule has 0 fully saturated rings. The smallest absolute Gasteiger partial charge is 0.272 e. The number of nitrogens with one attached hydrogen (secondary N) is 1. The van der Waals surface area contributed by atoms with Gasteiger partial charge in [0.2, 0.25) is 0 Å². The van der Waals surface area contributed by atoms with Crippen LogP contribution in [0.1, 0.15) is 15.9 Å². The molecule has 0 aliphatic heterocycles. The van der Waals surface area contributed by atoms with Gasteiger partial charge in [-0.3, -0.25) is 9.78 Å². The van der Waals surface area contributed by atoms with Crippen LogP contribution in [0.4, 0.5) is 5.69 Å². The first-order valence-electron chi connectivity index (χ1n) is 6.17. The van der Waals surface area contributed by atoms with Crippen molar-refractivity contribution in [1.82, 2.24) is 10.4 Å². The number of pyridine rings is 1. The van der Waals surface area contributed by atoms with E-state index in [0.29, 0.717) is 5.56 Å². The van der Waals surface area contributed by atoms with Crippen LogP contribution in [-0.2, 0) is 0 Å². The van der Waals surface area contributed by atoms with E-state index < -0.39 is 0 Å². The summed E-state index contributed by atoms with van der Waals surface area (Å²) in [5.74, 6) is -0.278. The Hall–Kier alpha value is -2.69. The standard InChI is InChI=1S/C15H16N4O/c1-19(2)14-7-5-12(6-8-14)10-17-18-15(20)13-4-3-9-16-11-13/h3-11H,1-2H3,(H,18,20)/b17-10-. The zero-order chi connectivity index (χ0) is 14.4. The molecule has 2 aromatic rings. The van der Waals surface area contributed by atoms with E-state index >= 15 is 0 Å². The maximum absolute atomic E-state index is 11.7. The molecule has 0 saturated heterocycles. The van der Waals surface area contributed by atoms with E-state index in [1.807, 2.05) is 43.3 Å². The normalized spacial score (nSPS) is 10.5. The number of carbonyl (C=O) groups excluding carboxylic acids is 1. The molecule has 0 saturated carbocycles. The van der Waals surface area contributed by atoms with Crippen LogP contribution >= 0.6 is 0 Å². The van der Waals surface area contributed by atoms with Crippen molar-refractivity contribution in [3.63, 3.8) is 0 Å². The van der Waals surface area contributed by atoms with Gasteiger partial charge in [-0.2, -0.15) is 5.10 Å². The van der Waals surface area contributed by atoms with Crippen molar-refractivity contribution in [2.24, 2.45) is 5.10 Å². The minimum atomic E-state index is -0.278. The number of rotatable bonds is 4. The third kappa shape index (κ3) is 3.65. The highest BCUT2D eigenvalue weighted by Crippen LogP contribution is 2.10.